The van der Waals surface area contributed by atoms with E-state index in [1.807, 2.05) is 0 Å². The SMILES string of the molecule is CNc1c(Cl)cc(C(=O)N(C)CCC(C)C)cc1[N+](=O)[O-]. The van der Waals surface area contributed by atoms with Crippen molar-refractivity contribution < 1.29 is 9.72 Å². The van der Waals surface area contributed by atoms with Crippen LogP contribution in [0.25, 0.3) is 0 Å². The van der Waals surface area contributed by atoms with E-state index in [4.69, 9.17) is 11.6 Å². The minimum atomic E-state index is -0.553. The lowest BCUT2D eigenvalue weighted by molar-refractivity contribution is -0.384. The number of hydrogen-bond donors (Lipinski definition) is 1. The van der Waals surface area contributed by atoms with E-state index in [0.29, 0.717) is 12.5 Å². The lowest BCUT2D eigenvalue weighted by atomic mass is 10.1. The Labute approximate surface area is 129 Å². The molecule has 0 aliphatic heterocycles. The quantitative estimate of drug-likeness (QED) is 0.645. The zero-order valence-electron chi connectivity index (χ0n) is 12.6. The maximum Gasteiger partial charge on any atom is 0.294 e. The van der Waals surface area contributed by atoms with Crippen LogP contribution in [0, 0.1) is 16.0 Å². The van der Waals surface area contributed by atoms with Crippen LogP contribution in [0.15, 0.2) is 12.1 Å². The first-order valence-corrected chi connectivity index (χ1v) is 7.06. The zero-order valence-corrected chi connectivity index (χ0v) is 13.4. The van der Waals surface area contributed by atoms with Gasteiger partial charge in [0.15, 0.2) is 0 Å². The summed E-state index contributed by atoms with van der Waals surface area (Å²) in [5.74, 6) is 0.202. The summed E-state index contributed by atoms with van der Waals surface area (Å²) in [6.45, 7) is 4.74. The van der Waals surface area contributed by atoms with Gasteiger partial charge < -0.3 is 10.2 Å². The highest BCUT2D eigenvalue weighted by Crippen LogP contribution is 2.33. The van der Waals surface area contributed by atoms with Crippen LogP contribution in [-0.2, 0) is 0 Å². The standard InChI is InChI=1S/C14H20ClN3O3/c1-9(2)5-6-17(4)14(19)10-7-11(15)13(16-3)12(8-10)18(20)21/h7-9,16H,5-6H2,1-4H3. The number of nitro groups is 1. The van der Waals surface area contributed by atoms with Gasteiger partial charge in [0.05, 0.1) is 9.95 Å². The van der Waals surface area contributed by atoms with Gasteiger partial charge in [-0.25, -0.2) is 0 Å². The minimum Gasteiger partial charge on any atom is -0.381 e. The molecule has 116 valence electrons. The summed E-state index contributed by atoms with van der Waals surface area (Å²) in [4.78, 5) is 24.4. The van der Waals surface area contributed by atoms with Gasteiger partial charge in [0.1, 0.15) is 5.69 Å². The average molecular weight is 314 g/mol. The van der Waals surface area contributed by atoms with Crippen molar-refractivity contribution in [1.82, 2.24) is 4.90 Å². The van der Waals surface area contributed by atoms with Crippen molar-refractivity contribution in [3.63, 3.8) is 0 Å². The van der Waals surface area contributed by atoms with Crippen LogP contribution < -0.4 is 5.32 Å². The molecule has 0 aromatic heterocycles. The maximum atomic E-state index is 12.3. The molecule has 0 fully saturated rings. The fourth-order valence-corrected chi connectivity index (χ4v) is 2.19. The van der Waals surface area contributed by atoms with Gasteiger partial charge in [-0.2, -0.15) is 0 Å². The van der Waals surface area contributed by atoms with Gasteiger partial charge in [-0.3, -0.25) is 14.9 Å². The van der Waals surface area contributed by atoms with Crippen LogP contribution in [-0.4, -0.2) is 36.4 Å². The van der Waals surface area contributed by atoms with Gasteiger partial charge in [-0.1, -0.05) is 25.4 Å². The lowest BCUT2D eigenvalue weighted by Gasteiger charge is -2.19. The van der Waals surface area contributed by atoms with Gasteiger partial charge in [0, 0.05) is 32.3 Å². The number of amides is 1. The Morgan fingerprint density at radius 1 is 1.48 bits per heavy atom. The van der Waals surface area contributed by atoms with Crippen LogP contribution in [0.4, 0.5) is 11.4 Å². The molecule has 0 bridgehead atoms. The van der Waals surface area contributed by atoms with Gasteiger partial charge >= 0.3 is 0 Å². The molecule has 1 amide bonds. The van der Waals surface area contributed by atoms with Crippen molar-refractivity contribution in [2.24, 2.45) is 5.92 Å². The Morgan fingerprint density at radius 3 is 2.57 bits per heavy atom. The van der Waals surface area contributed by atoms with Crippen molar-refractivity contribution in [3.05, 3.63) is 32.8 Å². The number of anilines is 1. The van der Waals surface area contributed by atoms with Crippen molar-refractivity contribution in [2.75, 3.05) is 26.0 Å². The van der Waals surface area contributed by atoms with E-state index in [0.717, 1.165) is 6.42 Å². The molecule has 21 heavy (non-hydrogen) atoms. The highest BCUT2D eigenvalue weighted by molar-refractivity contribution is 6.34. The molecule has 1 rings (SSSR count). The molecule has 0 heterocycles. The molecule has 1 N–H and O–H groups in total. The van der Waals surface area contributed by atoms with Gasteiger partial charge in [0.25, 0.3) is 11.6 Å². The first kappa shape index (κ1) is 17.2. The molecule has 0 unspecified atom stereocenters. The first-order chi connectivity index (χ1) is 9.77. The number of benzene rings is 1. The Hall–Kier alpha value is -1.82. The molecule has 0 aliphatic carbocycles. The Bertz CT molecular complexity index is 547. The lowest BCUT2D eigenvalue weighted by Crippen LogP contribution is -2.28. The summed E-state index contributed by atoms with van der Waals surface area (Å²) in [5.41, 5.74) is 0.227. The van der Waals surface area contributed by atoms with Gasteiger partial charge in [-0.15, -0.1) is 0 Å². The van der Waals surface area contributed by atoms with E-state index in [-0.39, 0.29) is 27.9 Å². The van der Waals surface area contributed by atoms with Gasteiger partial charge in [0.2, 0.25) is 0 Å². The van der Waals surface area contributed by atoms with Gasteiger partial charge in [-0.05, 0) is 18.4 Å². The second kappa shape index (κ2) is 7.26. The molecular weight excluding hydrogens is 294 g/mol. The molecule has 0 saturated carbocycles. The molecule has 7 heteroatoms. The van der Waals surface area contributed by atoms with Crippen LogP contribution in [0.5, 0.6) is 0 Å². The molecule has 6 nitrogen and oxygen atoms in total. The van der Waals surface area contributed by atoms with E-state index in [2.05, 4.69) is 19.2 Å². The molecule has 0 saturated heterocycles. The molecule has 0 atom stereocenters. The normalized spacial score (nSPS) is 10.6. The monoisotopic (exact) mass is 313 g/mol. The summed E-state index contributed by atoms with van der Waals surface area (Å²) < 4.78 is 0. The molecule has 1 aromatic carbocycles. The third kappa shape index (κ3) is 4.32. The molecular formula is C14H20ClN3O3. The molecule has 0 aliphatic rings. The number of nitrogens with one attached hydrogen (secondary N) is 1. The maximum absolute atomic E-state index is 12.3. The Kier molecular flexibility index (Phi) is 5.96. The van der Waals surface area contributed by atoms with Crippen molar-refractivity contribution in [3.8, 4) is 0 Å². The average Bonchev–Trinajstić information content (AvgIpc) is 2.42. The van der Waals surface area contributed by atoms with E-state index >= 15 is 0 Å². The minimum absolute atomic E-state index is 0.160. The number of halogens is 1. The summed E-state index contributed by atoms with van der Waals surface area (Å²) >= 11 is 6.02. The third-order valence-electron chi connectivity index (χ3n) is 3.15. The Balaban J connectivity index is 3.08. The van der Waals surface area contributed by atoms with E-state index in [1.165, 1.54) is 12.1 Å². The summed E-state index contributed by atoms with van der Waals surface area (Å²) in [6, 6.07) is 2.71. The largest absolute Gasteiger partial charge is 0.381 e. The summed E-state index contributed by atoms with van der Waals surface area (Å²) in [7, 11) is 3.22. The van der Waals surface area contributed by atoms with Crippen molar-refractivity contribution in [2.45, 2.75) is 20.3 Å². The van der Waals surface area contributed by atoms with E-state index < -0.39 is 4.92 Å². The topological polar surface area (TPSA) is 75.5 Å². The number of rotatable bonds is 6. The van der Waals surface area contributed by atoms with Crippen molar-refractivity contribution >= 4 is 28.9 Å². The number of hydrogen-bond acceptors (Lipinski definition) is 4. The molecule has 0 radical (unpaired) electrons. The van der Waals surface area contributed by atoms with E-state index in [1.54, 1.807) is 19.0 Å². The predicted octanol–water partition coefficient (Wildman–Crippen LogP) is 3.41. The third-order valence-corrected chi connectivity index (χ3v) is 3.45. The fraction of sp³-hybridized carbons (Fsp3) is 0.500. The second-order valence-electron chi connectivity index (χ2n) is 5.27. The van der Waals surface area contributed by atoms with Crippen LogP contribution in [0.2, 0.25) is 5.02 Å². The number of nitrogens with zero attached hydrogens (tertiary/aromatic N) is 2. The number of nitro benzene ring substituents is 1. The first-order valence-electron chi connectivity index (χ1n) is 6.69. The highest BCUT2D eigenvalue weighted by atomic mass is 35.5. The van der Waals surface area contributed by atoms with Crippen LogP contribution in [0.1, 0.15) is 30.6 Å². The second-order valence-corrected chi connectivity index (χ2v) is 5.68. The Morgan fingerprint density at radius 2 is 2.10 bits per heavy atom. The van der Waals surface area contributed by atoms with E-state index in [9.17, 15) is 14.9 Å². The highest BCUT2D eigenvalue weighted by Gasteiger charge is 2.22. The van der Waals surface area contributed by atoms with Crippen molar-refractivity contribution in [1.29, 1.82) is 0 Å². The summed E-state index contributed by atoms with van der Waals surface area (Å²) in [5, 5.41) is 13.9. The fourth-order valence-electron chi connectivity index (χ4n) is 1.88. The summed E-state index contributed by atoms with van der Waals surface area (Å²) in [6.07, 6.45) is 0.868. The van der Waals surface area contributed by atoms with Crippen LogP contribution >= 0.6 is 11.6 Å². The van der Waals surface area contributed by atoms with Crippen LogP contribution in [0.3, 0.4) is 0 Å². The molecule has 0 spiro atoms. The smallest absolute Gasteiger partial charge is 0.294 e. The number of carbonyl (C=O) groups excluding carboxylic acids is 1. The predicted molar refractivity (Wildman–Crippen MR) is 84.1 cm³/mol. The zero-order chi connectivity index (χ0) is 16.2. The number of carbonyl (C=O) groups is 1. The molecule has 1 aromatic rings.